The lowest BCUT2D eigenvalue weighted by atomic mass is 10.3. The molecule has 0 saturated heterocycles. The molecule has 0 bridgehead atoms. The van der Waals surface area contributed by atoms with Crippen LogP contribution >= 0.6 is 0 Å². The first-order chi connectivity index (χ1) is 8.76. The minimum atomic E-state index is -0.320. The van der Waals surface area contributed by atoms with Gasteiger partial charge in [0.05, 0.1) is 24.2 Å². The maximum atomic E-state index is 13.1. The topological polar surface area (TPSA) is 59.3 Å². The SMILES string of the molecule is COCCNc1nc2cc(F)ccc2n1CCO. The van der Waals surface area contributed by atoms with E-state index in [1.165, 1.54) is 12.1 Å². The Labute approximate surface area is 104 Å². The highest BCUT2D eigenvalue weighted by Gasteiger charge is 2.10. The number of nitrogens with one attached hydrogen (secondary N) is 1. The van der Waals surface area contributed by atoms with Crippen LogP contribution in [0.15, 0.2) is 18.2 Å². The lowest BCUT2D eigenvalue weighted by molar-refractivity contribution is 0.210. The van der Waals surface area contributed by atoms with E-state index < -0.39 is 0 Å². The number of aliphatic hydroxyl groups is 1. The molecule has 0 radical (unpaired) electrons. The smallest absolute Gasteiger partial charge is 0.204 e. The molecule has 2 aromatic rings. The molecule has 2 N–H and O–H groups in total. The van der Waals surface area contributed by atoms with Crippen LogP contribution in [0.2, 0.25) is 0 Å². The fourth-order valence-corrected chi connectivity index (χ4v) is 1.83. The Bertz CT molecular complexity index is 527. The van der Waals surface area contributed by atoms with Crippen LogP contribution < -0.4 is 5.32 Å². The Morgan fingerprint density at radius 1 is 1.50 bits per heavy atom. The van der Waals surface area contributed by atoms with E-state index in [4.69, 9.17) is 9.84 Å². The van der Waals surface area contributed by atoms with Crippen LogP contribution in [0.3, 0.4) is 0 Å². The van der Waals surface area contributed by atoms with Gasteiger partial charge in [0.15, 0.2) is 0 Å². The van der Waals surface area contributed by atoms with Crippen molar-refractivity contribution in [3.8, 4) is 0 Å². The number of aliphatic hydroxyl groups excluding tert-OH is 1. The summed E-state index contributed by atoms with van der Waals surface area (Å²) < 4.78 is 19.9. The van der Waals surface area contributed by atoms with Gasteiger partial charge in [0.2, 0.25) is 5.95 Å². The second kappa shape index (κ2) is 5.79. The highest BCUT2D eigenvalue weighted by Crippen LogP contribution is 2.20. The Balaban J connectivity index is 2.34. The molecular weight excluding hydrogens is 237 g/mol. The zero-order valence-corrected chi connectivity index (χ0v) is 10.2. The lowest BCUT2D eigenvalue weighted by Crippen LogP contribution is -2.13. The number of anilines is 1. The quantitative estimate of drug-likeness (QED) is 0.760. The number of hydrogen-bond donors (Lipinski definition) is 2. The maximum absolute atomic E-state index is 13.1. The van der Waals surface area contributed by atoms with E-state index in [0.29, 0.717) is 31.2 Å². The van der Waals surface area contributed by atoms with Crippen molar-refractivity contribution in [1.29, 1.82) is 0 Å². The lowest BCUT2D eigenvalue weighted by Gasteiger charge is -2.08. The van der Waals surface area contributed by atoms with Crippen LogP contribution in [-0.2, 0) is 11.3 Å². The Hall–Kier alpha value is -1.66. The van der Waals surface area contributed by atoms with Crippen molar-refractivity contribution in [2.75, 3.05) is 32.2 Å². The summed E-state index contributed by atoms with van der Waals surface area (Å²) in [6.45, 7) is 1.57. The molecule has 1 aromatic heterocycles. The molecule has 6 heteroatoms. The van der Waals surface area contributed by atoms with E-state index in [1.807, 2.05) is 4.57 Å². The summed E-state index contributed by atoms with van der Waals surface area (Å²) >= 11 is 0. The van der Waals surface area contributed by atoms with E-state index in [9.17, 15) is 4.39 Å². The number of aromatic nitrogens is 2. The summed E-state index contributed by atoms with van der Waals surface area (Å²) in [4.78, 5) is 4.31. The average Bonchev–Trinajstić information content (AvgIpc) is 2.68. The van der Waals surface area contributed by atoms with Gasteiger partial charge in [-0.15, -0.1) is 0 Å². The predicted octanol–water partition coefficient (Wildman–Crippen LogP) is 1.23. The van der Waals surface area contributed by atoms with Crippen LogP contribution in [0, 0.1) is 5.82 Å². The molecule has 2 rings (SSSR count). The zero-order valence-electron chi connectivity index (χ0n) is 10.2. The number of halogens is 1. The third-order valence-corrected chi connectivity index (χ3v) is 2.62. The van der Waals surface area contributed by atoms with E-state index in [-0.39, 0.29) is 12.4 Å². The Morgan fingerprint density at radius 3 is 3.06 bits per heavy atom. The number of methoxy groups -OCH3 is 1. The molecule has 1 aromatic carbocycles. The van der Waals surface area contributed by atoms with Gasteiger partial charge in [-0.25, -0.2) is 9.37 Å². The molecule has 1 heterocycles. The average molecular weight is 253 g/mol. The number of nitrogens with zero attached hydrogens (tertiary/aromatic N) is 2. The minimum Gasteiger partial charge on any atom is -0.395 e. The summed E-state index contributed by atoms with van der Waals surface area (Å²) in [5, 5.41) is 12.2. The maximum Gasteiger partial charge on any atom is 0.204 e. The Kier molecular flexibility index (Phi) is 4.11. The molecule has 0 aliphatic rings. The van der Waals surface area contributed by atoms with E-state index in [1.54, 1.807) is 13.2 Å². The van der Waals surface area contributed by atoms with Gasteiger partial charge >= 0.3 is 0 Å². The number of fused-ring (bicyclic) bond motifs is 1. The first-order valence-electron chi connectivity index (χ1n) is 5.75. The second-order valence-electron chi connectivity index (χ2n) is 3.86. The van der Waals surface area contributed by atoms with Crippen molar-refractivity contribution in [2.45, 2.75) is 6.54 Å². The standard InChI is InChI=1S/C12H16FN3O2/c1-18-7-4-14-12-15-10-8-9(13)2-3-11(10)16(12)5-6-17/h2-3,8,17H,4-7H2,1H3,(H,14,15). The van der Waals surface area contributed by atoms with Crippen molar-refractivity contribution in [2.24, 2.45) is 0 Å². The summed E-state index contributed by atoms with van der Waals surface area (Å²) in [7, 11) is 1.62. The third kappa shape index (κ3) is 2.60. The number of benzene rings is 1. The van der Waals surface area contributed by atoms with E-state index >= 15 is 0 Å². The van der Waals surface area contributed by atoms with Crippen molar-refractivity contribution in [3.05, 3.63) is 24.0 Å². The zero-order chi connectivity index (χ0) is 13.0. The van der Waals surface area contributed by atoms with Gasteiger partial charge in [0.25, 0.3) is 0 Å². The van der Waals surface area contributed by atoms with Crippen molar-refractivity contribution < 1.29 is 14.2 Å². The fourth-order valence-electron chi connectivity index (χ4n) is 1.83. The molecule has 5 nitrogen and oxygen atoms in total. The van der Waals surface area contributed by atoms with Crippen molar-refractivity contribution in [1.82, 2.24) is 9.55 Å². The van der Waals surface area contributed by atoms with E-state index in [2.05, 4.69) is 10.3 Å². The van der Waals surface area contributed by atoms with Gasteiger partial charge < -0.3 is 19.7 Å². The van der Waals surface area contributed by atoms with Crippen LogP contribution in [0.1, 0.15) is 0 Å². The molecule has 0 spiro atoms. The number of ether oxygens (including phenoxy) is 1. The molecule has 0 aliphatic carbocycles. The van der Waals surface area contributed by atoms with Gasteiger partial charge in [-0.05, 0) is 12.1 Å². The first-order valence-corrected chi connectivity index (χ1v) is 5.75. The molecule has 0 fully saturated rings. The van der Waals surface area contributed by atoms with Gasteiger partial charge in [-0.2, -0.15) is 0 Å². The molecule has 0 unspecified atom stereocenters. The highest BCUT2D eigenvalue weighted by molar-refractivity contribution is 5.78. The largest absolute Gasteiger partial charge is 0.395 e. The molecule has 0 saturated carbocycles. The van der Waals surface area contributed by atoms with Gasteiger partial charge in [-0.3, -0.25) is 0 Å². The molecule has 0 aliphatic heterocycles. The third-order valence-electron chi connectivity index (χ3n) is 2.62. The van der Waals surface area contributed by atoms with Crippen molar-refractivity contribution in [3.63, 3.8) is 0 Å². The molecular formula is C12H16FN3O2. The van der Waals surface area contributed by atoms with Crippen LogP contribution in [0.25, 0.3) is 11.0 Å². The second-order valence-corrected chi connectivity index (χ2v) is 3.86. The normalized spacial score (nSPS) is 11.1. The van der Waals surface area contributed by atoms with Gasteiger partial charge in [-0.1, -0.05) is 0 Å². The van der Waals surface area contributed by atoms with E-state index in [0.717, 1.165) is 5.52 Å². The first kappa shape index (κ1) is 12.8. The number of hydrogen-bond acceptors (Lipinski definition) is 4. The fraction of sp³-hybridized carbons (Fsp3) is 0.417. The molecule has 0 atom stereocenters. The summed E-state index contributed by atoms with van der Waals surface area (Å²) in [5.74, 6) is 0.293. The van der Waals surface area contributed by atoms with Crippen LogP contribution in [0.5, 0.6) is 0 Å². The molecule has 98 valence electrons. The summed E-state index contributed by atoms with van der Waals surface area (Å²) in [6.07, 6.45) is 0. The summed E-state index contributed by atoms with van der Waals surface area (Å²) in [5.41, 5.74) is 1.37. The summed E-state index contributed by atoms with van der Waals surface area (Å²) in [6, 6.07) is 4.43. The van der Waals surface area contributed by atoms with Crippen molar-refractivity contribution >= 4 is 17.0 Å². The molecule has 18 heavy (non-hydrogen) atoms. The predicted molar refractivity (Wildman–Crippen MR) is 67.1 cm³/mol. The number of imidazole rings is 1. The van der Waals surface area contributed by atoms with Crippen LogP contribution in [-0.4, -0.2) is 41.5 Å². The van der Waals surface area contributed by atoms with Gasteiger partial charge in [0.1, 0.15) is 5.82 Å². The van der Waals surface area contributed by atoms with Crippen LogP contribution in [0.4, 0.5) is 10.3 Å². The minimum absolute atomic E-state index is 0.00178. The number of rotatable bonds is 6. The molecule has 0 amide bonds. The highest BCUT2D eigenvalue weighted by atomic mass is 19.1. The monoisotopic (exact) mass is 253 g/mol. The Morgan fingerprint density at radius 2 is 2.33 bits per heavy atom. The van der Waals surface area contributed by atoms with Gasteiger partial charge in [0, 0.05) is 26.3 Å².